The molecule has 0 fully saturated rings. The van der Waals surface area contributed by atoms with E-state index < -0.39 is 0 Å². The molecule has 0 rings (SSSR count). The number of rotatable bonds is 4. The topological polar surface area (TPSA) is 56.5 Å². The molecular weight excluding hydrogens is 190 g/mol. The van der Waals surface area contributed by atoms with Crippen molar-refractivity contribution < 1.29 is 4.79 Å². The third-order valence-electron chi connectivity index (χ3n) is 1.79. The Morgan fingerprint density at radius 3 is 2.67 bits per heavy atom. The summed E-state index contributed by atoms with van der Waals surface area (Å²) in [6, 6.07) is 1.98. The summed E-state index contributed by atoms with van der Waals surface area (Å²) in [4.78, 5) is 16.9. The molecule has 0 spiro atoms. The maximum Gasteiger partial charge on any atom is 0.224 e. The van der Waals surface area contributed by atoms with E-state index in [0.29, 0.717) is 18.8 Å². The largest absolute Gasteiger partial charge is 0.301 e. The van der Waals surface area contributed by atoms with Crippen molar-refractivity contribution in [1.29, 1.82) is 5.26 Å². The Morgan fingerprint density at radius 2 is 2.20 bits per heavy atom. The zero-order valence-electron chi connectivity index (χ0n) is 9.53. The van der Waals surface area contributed by atoms with Gasteiger partial charge < -0.3 is 4.90 Å². The number of amidine groups is 1. The minimum Gasteiger partial charge on any atom is -0.301 e. The van der Waals surface area contributed by atoms with Crippen LogP contribution >= 0.6 is 0 Å². The van der Waals surface area contributed by atoms with Crippen molar-refractivity contribution in [2.75, 3.05) is 6.54 Å². The van der Waals surface area contributed by atoms with E-state index in [1.807, 2.05) is 13.0 Å². The maximum atomic E-state index is 11.2. The number of nitriles is 1. The quantitative estimate of drug-likeness (QED) is 0.523. The minimum absolute atomic E-state index is 0.00761. The molecule has 0 bridgehead atoms. The molecule has 0 aliphatic carbocycles. The van der Waals surface area contributed by atoms with Gasteiger partial charge in [0.1, 0.15) is 5.84 Å². The average molecular weight is 207 g/mol. The number of nitrogens with zero attached hydrogens (tertiary/aromatic N) is 3. The van der Waals surface area contributed by atoms with E-state index in [1.54, 1.807) is 24.1 Å². The number of amides is 1. The van der Waals surface area contributed by atoms with Crippen LogP contribution in [0.3, 0.4) is 0 Å². The van der Waals surface area contributed by atoms with E-state index in [0.717, 1.165) is 6.42 Å². The Labute approximate surface area is 90.9 Å². The second-order valence-electron chi connectivity index (χ2n) is 3.09. The van der Waals surface area contributed by atoms with E-state index >= 15 is 0 Å². The van der Waals surface area contributed by atoms with Crippen LogP contribution in [0.25, 0.3) is 0 Å². The lowest BCUT2D eigenvalue weighted by Crippen LogP contribution is -2.33. The number of allylic oxidation sites excluding steroid dienone is 1. The summed E-state index contributed by atoms with van der Waals surface area (Å²) in [6.07, 6.45) is 4.46. The molecule has 0 N–H and O–H groups in total. The molecule has 82 valence electrons. The summed E-state index contributed by atoms with van der Waals surface area (Å²) in [7, 11) is 0. The number of hydrogen-bond donors (Lipinski definition) is 0. The third kappa shape index (κ3) is 5.63. The fourth-order valence-electron chi connectivity index (χ4n) is 1.11. The van der Waals surface area contributed by atoms with Gasteiger partial charge in [-0.2, -0.15) is 5.26 Å². The van der Waals surface area contributed by atoms with Gasteiger partial charge in [0.05, 0.1) is 12.5 Å². The van der Waals surface area contributed by atoms with Gasteiger partial charge in [-0.3, -0.25) is 4.79 Å². The van der Waals surface area contributed by atoms with Crippen LogP contribution in [-0.2, 0) is 4.79 Å². The van der Waals surface area contributed by atoms with Crippen molar-refractivity contribution in [3.8, 4) is 6.07 Å². The molecular formula is C11H17N3O. The standard InChI is InChI=1S/C11H17N3O/c1-4-9-14(11(3)15)10(2)13-8-6-5-7-12/h6,8H,4-5,9H2,1-3H3/b8-6-,13-10+. The predicted molar refractivity (Wildman–Crippen MR) is 60.2 cm³/mol. The highest BCUT2D eigenvalue weighted by Gasteiger charge is 2.09. The van der Waals surface area contributed by atoms with E-state index in [2.05, 4.69) is 4.99 Å². The molecule has 4 heteroatoms. The highest BCUT2D eigenvalue weighted by molar-refractivity contribution is 5.96. The molecule has 0 unspecified atom stereocenters. The molecule has 0 aromatic carbocycles. The van der Waals surface area contributed by atoms with Gasteiger partial charge in [-0.05, 0) is 13.3 Å². The zero-order valence-corrected chi connectivity index (χ0v) is 9.53. The van der Waals surface area contributed by atoms with Crippen molar-refractivity contribution in [1.82, 2.24) is 4.90 Å². The van der Waals surface area contributed by atoms with Crippen LogP contribution in [0, 0.1) is 11.3 Å². The second-order valence-corrected chi connectivity index (χ2v) is 3.09. The summed E-state index contributed by atoms with van der Waals surface area (Å²) in [5, 5.41) is 8.30. The summed E-state index contributed by atoms with van der Waals surface area (Å²) < 4.78 is 0. The third-order valence-corrected chi connectivity index (χ3v) is 1.79. The first-order chi connectivity index (χ1) is 7.13. The van der Waals surface area contributed by atoms with Gasteiger partial charge >= 0.3 is 0 Å². The molecule has 0 aliphatic heterocycles. The maximum absolute atomic E-state index is 11.2. The highest BCUT2D eigenvalue weighted by atomic mass is 16.2. The van der Waals surface area contributed by atoms with E-state index in [1.165, 1.54) is 6.92 Å². The predicted octanol–water partition coefficient (Wildman–Crippen LogP) is 2.09. The molecule has 1 amide bonds. The zero-order chi connectivity index (χ0) is 11.7. The highest BCUT2D eigenvalue weighted by Crippen LogP contribution is 1.96. The molecule has 15 heavy (non-hydrogen) atoms. The van der Waals surface area contributed by atoms with E-state index in [9.17, 15) is 4.79 Å². The Morgan fingerprint density at radius 1 is 1.53 bits per heavy atom. The van der Waals surface area contributed by atoms with Crippen LogP contribution < -0.4 is 0 Å². The summed E-state index contributed by atoms with van der Waals surface area (Å²) >= 11 is 0. The van der Waals surface area contributed by atoms with Crippen molar-refractivity contribution in [3.05, 3.63) is 12.3 Å². The Kier molecular flexibility index (Phi) is 6.90. The minimum atomic E-state index is -0.00761. The normalized spacial score (nSPS) is 11.5. The SMILES string of the molecule is CCCN(C(C)=O)/C(C)=N/C=C\CC#N. The van der Waals surface area contributed by atoms with Crippen LogP contribution in [-0.4, -0.2) is 23.2 Å². The van der Waals surface area contributed by atoms with Crippen LogP contribution in [0.4, 0.5) is 0 Å². The first-order valence-electron chi connectivity index (χ1n) is 4.98. The Hall–Kier alpha value is -1.63. The number of aliphatic imine (C=N–C) groups is 1. The van der Waals surface area contributed by atoms with Gasteiger partial charge in [-0.1, -0.05) is 13.0 Å². The summed E-state index contributed by atoms with van der Waals surface area (Å²) in [6.45, 7) is 5.99. The summed E-state index contributed by atoms with van der Waals surface area (Å²) in [5.74, 6) is 0.658. The number of carbonyl (C=O) groups is 1. The average Bonchev–Trinajstić information content (AvgIpc) is 2.20. The lowest BCUT2D eigenvalue weighted by atomic mass is 10.4. The van der Waals surface area contributed by atoms with E-state index in [-0.39, 0.29) is 5.91 Å². The lowest BCUT2D eigenvalue weighted by Gasteiger charge is -2.18. The van der Waals surface area contributed by atoms with Gasteiger partial charge in [0.15, 0.2) is 0 Å². The van der Waals surface area contributed by atoms with Crippen LogP contribution in [0.2, 0.25) is 0 Å². The molecule has 0 saturated heterocycles. The van der Waals surface area contributed by atoms with E-state index in [4.69, 9.17) is 5.26 Å². The molecule has 0 radical (unpaired) electrons. The number of carbonyl (C=O) groups excluding carboxylic acids is 1. The first-order valence-corrected chi connectivity index (χ1v) is 4.98. The monoisotopic (exact) mass is 207 g/mol. The first kappa shape index (κ1) is 13.4. The second kappa shape index (κ2) is 7.74. The molecule has 0 aromatic rings. The van der Waals surface area contributed by atoms with Gasteiger partial charge in [-0.15, -0.1) is 0 Å². The van der Waals surface area contributed by atoms with Crippen LogP contribution in [0.1, 0.15) is 33.6 Å². The molecule has 4 nitrogen and oxygen atoms in total. The molecule has 0 atom stereocenters. The summed E-state index contributed by atoms with van der Waals surface area (Å²) in [5.41, 5.74) is 0. The van der Waals surface area contributed by atoms with Crippen LogP contribution in [0.5, 0.6) is 0 Å². The van der Waals surface area contributed by atoms with Gasteiger partial charge in [0.25, 0.3) is 0 Å². The van der Waals surface area contributed by atoms with Gasteiger partial charge in [0, 0.05) is 19.7 Å². The molecule has 0 saturated carbocycles. The smallest absolute Gasteiger partial charge is 0.224 e. The Balaban J connectivity index is 4.42. The van der Waals surface area contributed by atoms with Crippen molar-refractivity contribution in [3.63, 3.8) is 0 Å². The fourth-order valence-corrected chi connectivity index (χ4v) is 1.11. The van der Waals surface area contributed by atoms with Crippen molar-refractivity contribution in [2.24, 2.45) is 4.99 Å². The van der Waals surface area contributed by atoms with Crippen molar-refractivity contribution >= 4 is 11.7 Å². The molecule has 0 heterocycles. The number of hydrogen-bond acceptors (Lipinski definition) is 3. The Bertz CT molecular complexity index is 299. The van der Waals surface area contributed by atoms with Crippen LogP contribution in [0.15, 0.2) is 17.3 Å². The van der Waals surface area contributed by atoms with Gasteiger partial charge in [0.2, 0.25) is 5.91 Å². The van der Waals surface area contributed by atoms with Gasteiger partial charge in [-0.25, -0.2) is 4.99 Å². The lowest BCUT2D eigenvalue weighted by molar-refractivity contribution is -0.125. The van der Waals surface area contributed by atoms with Crippen molar-refractivity contribution in [2.45, 2.75) is 33.6 Å². The fraction of sp³-hybridized carbons (Fsp3) is 0.545. The molecule has 0 aliphatic rings. The molecule has 0 aromatic heterocycles.